The van der Waals surface area contributed by atoms with Gasteiger partial charge in [-0.1, -0.05) is 30.3 Å². The number of rotatable bonds is 5. The molecule has 0 atom stereocenters. The Labute approximate surface area is 200 Å². The summed E-state index contributed by atoms with van der Waals surface area (Å²) in [6.45, 7) is 1.82. The van der Waals surface area contributed by atoms with Crippen LogP contribution in [-0.2, 0) is 0 Å². The van der Waals surface area contributed by atoms with Crippen LogP contribution in [0.4, 0.5) is 10.1 Å². The summed E-state index contributed by atoms with van der Waals surface area (Å²) < 4.78 is 18.9. The summed E-state index contributed by atoms with van der Waals surface area (Å²) in [5, 5.41) is 10.9. The highest BCUT2D eigenvalue weighted by atomic mass is 19.1. The van der Waals surface area contributed by atoms with Gasteiger partial charge in [-0.05, 0) is 73.2 Å². The van der Waals surface area contributed by atoms with Crippen LogP contribution in [0.5, 0.6) is 5.75 Å². The van der Waals surface area contributed by atoms with Crippen molar-refractivity contribution in [1.82, 2.24) is 10.2 Å². The van der Waals surface area contributed by atoms with E-state index in [2.05, 4.69) is 15.5 Å². The van der Waals surface area contributed by atoms with Gasteiger partial charge in [0.15, 0.2) is 0 Å². The molecular formula is C28H20FN3O3. The lowest BCUT2D eigenvalue weighted by Gasteiger charge is -2.11. The Balaban J connectivity index is 1.41. The zero-order valence-corrected chi connectivity index (χ0v) is 18.7. The molecule has 4 aromatic carbocycles. The molecule has 0 aliphatic rings. The van der Waals surface area contributed by atoms with Gasteiger partial charge in [0.25, 0.3) is 5.91 Å². The van der Waals surface area contributed by atoms with Crippen molar-refractivity contribution >= 4 is 28.5 Å². The number of aromatic amines is 1. The van der Waals surface area contributed by atoms with E-state index in [0.717, 1.165) is 22.0 Å². The van der Waals surface area contributed by atoms with Crippen LogP contribution in [0.25, 0.3) is 22.2 Å². The number of halogens is 1. The molecular weight excluding hydrogens is 445 g/mol. The summed E-state index contributed by atoms with van der Waals surface area (Å²) >= 11 is 0. The number of carbonyl (C=O) groups is 2. The van der Waals surface area contributed by atoms with E-state index in [4.69, 9.17) is 4.74 Å². The maximum Gasteiger partial charge on any atom is 0.343 e. The lowest BCUT2D eigenvalue weighted by atomic mass is 10.1. The van der Waals surface area contributed by atoms with Crippen molar-refractivity contribution in [2.45, 2.75) is 6.92 Å². The lowest BCUT2D eigenvalue weighted by Crippen LogP contribution is -2.16. The molecule has 2 N–H and O–H groups in total. The number of amides is 1. The number of fused-ring (bicyclic) bond motifs is 1. The van der Waals surface area contributed by atoms with E-state index < -0.39 is 11.9 Å². The number of carbonyl (C=O) groups excluding carboxylic acids is 2. The van der Waals surface area contributed by atoms with Gasteiger partial charge in [0, 0.05) is 16.6 Å². The Morgan fingerprint density at radius 1 is 0.886 bits per heavy atom. The predicted molar refractivity (Wildman–Crippen MR) is 132 cm³/mol. The van der Waals surface area contributed by atoms with Crippen LogP contribution >= 0.6 is 0 Å². The van der Waals surface area contributed by atoms with E-state index in [1.807, 2.05) is 19.1 Å². The Morgan fingerprint density at radius 2 is 1.60 bits per heavy atom. The van der Waals surface area contributed by atoms with E-state index in [1.54, 1.807) is 66.7 Å². The van der Waals surface area contributed by atoms with Crippen LogP contribution in [0, 0.1) is 12.7 Å². The zero-order chi connectivity index (χ0) is 24.4. The number of hydrogen-bond donors (Lipinski definition) is 2. The van der Waals surface area contributed by atoms with Crippen molar-refractivity contribution in [3.05, 3.63) is 114 Å². The highest BCUT2D eigenvalue weighted by Crippen LogP contribution is 2.29. The third-order valence-electron chi connectivity index (χ3n) is 5.64. The van der Waals surface area contributed by atoms with Crippen LogP contribution in [0.15, 0.2) is 91.0 Å². The van der Waals surface area contributed by atoms with Gasteiger partial charge in [-0.15, -0.1) is 0 Å². The normalized spacial score (nSPS) is 10.8. The predicted octanol–water partition coefficient (Wildman–Crippen LogP) is 6.15. The zero-order valence-electron chi connectivity index (χ0n) is 18.7. The molecule has 7 heteroatoms. The molecule has 5 aromatic rings. The smallest absolute Gasteiger partial charge is 0.343 e. The lowest BCUT2D eigenvalue weighted by molar-refractivity contribution is 0.0732. The molecule has 0 bridgehead atoms. The van der Waals surface area contributed by atoms with Crippen molar-refractivity contribution in [3.8, 4) is 17.0 Å². The molecule has 1 heterocycles. The number of esters is 1. The first-order chi connectivity index (χ1) is 17.0. The van der Waals surface area contributed by atoms with Gasteiger partial charge in [0.2, 0.25) is 0 Å². The molecule has 0 radical (unpaired) electrons. The molecule has 0 fully saturated rings. The molecule has 5 rings (SSSR count). The molecule has 0 saturated heterocycles. The minimum atomic E-state index is -0.535. The van der Waals surface area contributed by atoms with Crippen molar-refractivity contribution in [1.29, 1.82) is 0 Å². The molecule has 0 aliphatic carbocycles. The molecule has 0 saturated carbocycles. The summed E-state index contributed by atoms with van der Waals surface area (Å²) in [5.41, 5.74) is 4.13. The first-order valence-corrected chi connectivity index (χ1v) is 10.9. The number of para-hydroxylation sites is 1. The van der Waals surface area contributed by atoms with Crippen LogP contribution in [0.2, 0.25) is 0 Å². The number of H-pyrrole nitrogens is 1. The van der Waals surface area contributed by atoms with Crippen LogP contribution in [0.3, 0.4) is 0 Å². The van der Waals surface area contributed by atoms with Gasteiger partial charge in [0.1, 0.15) is 11.6 Å². The SMILES string of the molecule is Cc1ccccc1C(=O)Oc1ccccc1C(=O)Nc1ccc2[nH]nc(-c3ccc(F)cc3)c2c1. The molecule has 0 aliphatic heterocycles. The summed E-state index contributed by atoms with van der Waals surface area (Å²) in [6, 6.07) is 25.0. The number of benzene rings is 4. The molecule has 6 nitrogen and oxygen atoms in total. The standard InChI is InChI=1S/C28H20FN3O3/c1-17-6-2-3-7-21(17)28(34)35-25-9-5-4-8-22(25)27(33)30-20-14-15-24-23(16-20)26(32-31-24)18-10-12-19(29)13-11-18/h2-16H,1H3,(H,30,33)(H,31,32). The molecule has 172 valence electrons. The molecule has 0 unspecified atom stereocenters. The Kier molecular flexibility index (Phi) is 5.81. The third kappa shape index (κ3) is 4.52. The quantitative estimate of drug-likeness (QED) is 0.241. The minimum Gasteiger partial charge on any atom is -0.422 e. The van der Waals surface area contributed by atoms with E-state index in [9.17, 15) is 14.0 Å². The van der Waals surface area contributed by atoms with Crippen molar-refractivity contribution < 1.29 is 18.7 Å². The average molecular weight is 465 g/mol. The second-order valence-electron chi connectivity index (χ2n) is 7.99. The van der Waals surface area contributed by atoms with Crippen LogP contribution in [0.1, 0.15) is 26.3 Å². The Hall–Kier alpha value is -4.78. The van der Waals surface area contributed by atoms with Crippen molar-refractivity contribution in [2.24, 2.45) is 0 Å². The van der Waals surface area contributed by atoms with Gasteiger partial charge in [0.05, 0.1) is 22.3 Å². The molecule has 1 amide bonds. The Morgan fingerprint density at radius 3 is 2.37 bits per heavy atom. The van der Waals surface area contributed by atoms with Gasteiger partial charge in [-0.3, -0.25) is 9.89 Å². The third-order valence-corrected chi connectivity index (χ3v) is 5.64. The number of anilines is 1. The number of nitrogens with one attached hydrogen (secondary N) is 2. The second kappa shape index (κ2) is 9.23. The average Bonchev–Trinajstić information content (AvgIpc) is 3.28. The van der Waals surface area contributed by atoms with E-state index in [1.165, 1.54) is 12.1 Å². The number of aromatic nitrogens is 2. The largest absolute Gasteiger partial charge is 0.422 e. The second-order valence-corrected chi connectivity index (χ2v) is 7.99. The number of ether oxygens (including phenoxy) is 1. The van der Waals surface area contributed by atoms with Crippen molar-refractivity contribution in [2.75, 3.05) is 5.32 Å². The topological polar surface area (TPSA) is 84.1 Å². The number of aryl methyl sites for hydroxylation is 1. The van der Waals surface area contributed by atoms with Gasteiger partial charge in [-0.2, -0.15) is 5.10 Å². The highest BCUT2D eigenvalue weighted by molar-refractivity contribution is 6.08. The maximum atomic E-state index is 13.3. The number of nitrogens with zero attached hydrogens (tertiary/aromatic N) is 1. The molecule has 35 heavy (non-hydrogen) atoms. The summed E-state index contributed by atoms with van der Waals surface area (Å²) in [6.07, 6.45) is 0. The molecule has 0 spiro atoms. The van der Waals surface area contributed by atoms with Gasteiger partial charge in [-0.25, -0.2) is 9.18 Å². The van der Waals surface area contributed by atoms with Gasteiger partial charge < -0.3 is 10.1 Å². The highest BCUT2D eigenvalue weighted by Gasteiger charge is 2.18. The first kappa shape index (κ1) is 22.0. The van der Waals surface area contributed by atoms with Crippen LogP contribution in [-0.4, -0.2) is 22.1 Å². The maximum absolute atomic E-state index is 13.3. The number of hydrogen-bond acceptors (Lipinski definition) is 4. The first-order valence-electron chi connectivity index (χ1n) is 10.9. The Bertz CT molecular complexity index is 1560. The van der Waals surface area contributed by atoms with Crippen molar-refractivity contribution in [3.63, 3.8) is 0 Å². The van der Waals surface area contributed by atoms with E-state index in [-0.39, 0.29) is 17.1 Å². The van der Waals surface area contributed by atoms with Crippen LogP contribution < -0.4 is 10.1 Å². The fourth-order valence-corrected chi connectivity index (χ4v) is 3.82. The fourth-order valence-electron chi connectivity index (χ4n) is 3.82. The van der Waals surface area contributed by atoms with E-state index in [0.29, 0.717) is 16.9 Å². The monoisotopic (exact) mass is 465 g/mol. The van der Waals surface area contributed by atoms with E-state index >= 15 is 0 Å². The summed E-state index contributed by atoms with van der Waals surface area (Å²) in [5.74, 6) is -1.13. The minimum absolute atomic E-state index is 0.162. The summed E-state index contributed by atoms with van der Waals surface area (Å²) in [4.78, 5) is 25.8. The molecule has 1 aromatic heterocycles. The fraction of sp³-hybridized carbons (Fsp3) is 0.0357. The summed E-state index contributed by atoms with van der Waals surface area (Å²) in [7, 11) is 0. The van der Waals surface area contributed by atoms with Gasteiger partial charge >= 0.3 is 5.97 Å².